The van der Waals surface area contributed by atoms with Gasteiger partial charge in [0.15, 0.2) is 0 Å². The quantitative estimate of drug-likeness (QED) is 0.820. The fourth-order valence-electron chi connectivity index (χ4n) is 2.28. The van der Waals surface area contributed by atoms with Crippen molar-refractivity contribution < 1.29 is 9.84 Å². The Morgan fingerprint density at radius 2 is 1.86 bits per heavy atom. The minimum absolute atomic E-state index is 0.207. The van der Waals surface area contributed by atoms with Gasteiger partial charge >= 0.3 is 0 Å². The van der Waals surface area contributed by atoms with E-state index >= 15 is 0 Å². The molecule has 0 heterocycles. The molecule has 0 aliphatic carbocycles. The number of methoxy groups -OCH3 is 1. The lowest BCUT2D eigenvalue weighted by molar-refractivity contribution is 0.268. The van der Waals surface area contributed by atoms with Gasteiger partial charge in [-0.25, -0.2) is 0 Å². The smallest absolute Gasteiger partial charge is 0.123 e. The number of aliphatic hydroxyl groups excluding tert-OH is 1. The zero-order valence-corrected chi connectivity index (χ0v) is 12.7. The van der Waals surface area contributed by atoms with Crippen molar-refractivity contribution in [3.8, 4) is 16.9 Å². The Morgan fingerprint density at radius 1 is 1.10 bits per heavy atom. The molecule has 3 heteroatoms. The fraction of sp³-hybridized carbons (Fsp3) is 0.333. The van der Waals surface area contributed by atoms with E-state index in [0.717, 1.165) is 29.8 Å². The van der Waals surface area contributed by atoms with E-state index in [0.29, 0.717) is 0 Å². The average Bonchev–Trinajstić information content (AvgIpc) is 2.54. The van der Waals surface area contributed by atoms with Gasteiger partial charge in [0, 0.05) is 24.8 Å². The van der Waals surface area contributed by atoms with Crippen LogP contribution >= 0.6 is 0 Å². The second-order valence-corrected chi connectivity index (χ2v) is 5.19. The monoisotopic (exact) mass is 285 g/mol. The van der Waals surface area contributed by atoms with Crippen LogP contribution in [0.25, 0.3) is 11.1 Å². The summed E-state index contributed by atoms with van der Waals surface area (Å²) in [7, 11) is 1.70. The summed E-state index contributed by atoms with van der Waals surface area (Å²) in [6, 6.07) is 16.8. The molecule has 2 aromatic carbocycles. The Kier molecular flexibility index (Phi) is 5.78. The first-order chi connectivity index (χ1) is 10.2. The largest absolute Gasteiger partial charge is 0.496 e. The summed E-state index contributed by atoms with van der Waals surface area (Å²) in [6.45, 7) is 3.01. The summed E-state index contributed by atoms with van der Waals surface area (Å²) >= 11 is 0. The number of rotatable bonds is 7. The zero-order chi connectivity index (χ0) is 15.1. The molecular weight excluding hydrogens is 262 g/mol. The molecule has 0 aromatic heterocycles. The highest BCUT2D eigenvalue weighted by atomic mass is 16.5. The van der Waals surface area contributed by atoms with Crippen LogP contribution in [0, 0.1) is 0 Å². The second kappa shape index (κ2) is 7.81. The van der Waals surface area contributed by atoms with Crippen LogP contribution in [-0.2, 0) is 6.54 Å². The molecule has 0 spiro atoms. The fourth-order valence-corrected chi connectivity index (χ4v) is 2.28. The van der Waals surface area contributed by atoms with Crippen LogP contribution in [0.5, 0.6) is 5.75 Å². The van der Waals surface area contributed by atoms with Crippen molar-refractivity contribution in [1.82, 2.24) is 5.32 Å². The van der Waals surface area contributed by atoms with Gasteiger partial charge in [0.1, 0.15) is 5.75 Å². The Labute approximate surface area is 126 Å². The van der Waals surface area contributed by atoms with Gasteiger partial charge in [0.2, 0.25) is 0 Å². The van der Waals surface area contributed by atoms with Gasteiger partial charge in [0.25, 0.3) is 0 Å². The Balaban J connectivity index is 2.13. The van der Waals surface area contributed by atoms with Crippen molar-refractivity contribution in [1.29, 1.82) is 0 Å². The highest BCUT2D eigenvalue weighted by molar-refractivity contribution is 5.66. The summed E-state index contributed by atoms with van der Waals surface area (Å²) in [5, 5.41) is 12.3. The van der Waals surface area contributed by atoms with Crippen LogP contribution in [0.4, 0.5) is 0 Å². The third kappa shape index (κ3) is 4.31. The minimum atomic E-state index is 0.207. The number of nitrogens with one attached hydrogen (secondary N) is 1. The molecule has 112 valence electrons. The van der Waals surface area contributed by atoms with Crippen LogP contribution < -0.4 is 10.1 Å². The van der Waals surface area contributed by atoms with E-state index in [4.69, 9.17) is 9.84 Å². The second-order valence-electron chi connectivity index (χ2n) is 5.19. The van der Waals surface area contributed by atoms with Crippen molar-refractivity contribution in [3.63, 3.8) is 0 Å². The van der Waals surface area contributed by atoms with E-state index in [9.17, 15) is 0 Å². The number of hydrogen-bond acceptors (Lipinski definition) is 3. The first-order valence-corrected chi connectivity index (χ1v) is 7.31. The van der Waals surface area contributed by atoms with Crippen LogP contribution in [0.3, 0.4) is 0 Å². The van der Waals surface area contributed by atoms with Crippen LogP contribution in [0.2, 0.25) is 0 Å². The lowest BCUT2D eigenvalue weighted by Crippen LogP contribution is -2.26. The number of aliphatic hydroxyl groups is 1. The lowest BCUT2D eigenvalue weighted by atomic mass is 10.0. The molecule has 21 heavy (non-hydrogen) atoms. The topological polar surface area (TPSA) is 41.5 Å². The SMILES string of the molecule is COc1cc(-c2ccccc2)ccc1CNC(C)CCO. The van der Waals surface area contributed by atoms with Gasteiger partial charge in [0.05, 0.1) is 7.11 Å². The first kappa shape index (κ1) is 15.5. The minimum Gasteiger partial charge on any atom is -0.496 e. The summed E-state index contributed by atoms with van der Waals surface area (Å²) < 4.78 is 5.51. The molecule has 1 atom stereocenters. The molecule has 0 radical (unpaired) electrons. The maximum Gasteiger partial charge on any atom is 0.123 e. The van der Waals surface area contributed by atoms with E-state index in [1.165, 1.54) is 5.56 Å². The molecule has 0 aliphatic rings. The molecule has 0 bridgehead atoms. The maximum absolute atomic E-state index is 8.93. The molecule has 2 aromatic rings. The van der Waals surface area contributed by atoms with Crippen molar-refractivity contribution >= 4 is 0 Å². The van der Waals surface area contributed by atoms with Gasteiger partial charge in [-0.05, 0) is 30.5 Å². The van der Waals surface area contributed by atoms with Crippen LogP contribution in [0.1, 0.15) is 18.9 Å². The van der Waals surface area contributed by atoms with Gasteiger partial charge in [-0.2, -0.15) is 0 Å². The highest BCUT2D eigenvalue weighted by Gasteiger charge is 2.07. The standard InChI is InChI=1S/C18H23NO2/c1-14(10-11-20)19-13-17-9-8-16(12-18(17)21-2)15-6-4-3-5-7-15/h3-9,12,14,19-20H,10-11,13H2,1-2H3. The molecular formula is C18H23NO2. The Morgan fingerprint density at radius 3 is 2.52 bits per heavy atom. The maximum atomic E-state index is 8.93. The van der Waals surface area contributed by atoms with Crippen LogP contribution in [0.15, 0.2) is 48.5 Å². The third-order valence-electron chi connectivity index (χ3n) is 3.60. The van der Waals surface area contributed by atoms with E-state index in [1.807, 2.05) is 18.2 Å². The van der Waals surface area contributed by atoms with E-state index in [-0.39, 0.29) is 12.6 Å². The van der Waals surface area contributed by atoms with Gasteiger partial charge < -0.3 is 15.2 Å². The van der Waals surface area contributed by atoms with E-state index < -0.39 is 0 Å². The molecule has 2 rings (SSSR count). The van der Waals surface area contributed by atoms with Gasteiger partial charge in [-0.3, -0.25) is 0 Å². The average molecular weight is 285 g/mol. The predicted molar refractivity (Wildman–Crippen MR) is 86.4 cm³/mol. The molecule has 0 amide bonds. The molecule has 2 N–H and O–H groups in total. The van der Waals surface area contributed by atoms with Crippen molar-refractivity contribution in [2.45, 2.75) is 25.9 Å². The molecule has 0 fully saturated rings. The van der Waals surface area contributed by atoms with Gasteiger partial charge in [-0.1, -0.05) is 42.5 Å². The summed E-state index contributed by atoms with van der Waals surface area (Å²) in [4.78, 5) is 0. The molecule has 0 saturated carbocycles. The van der Waals surface area contributed by atoms with Gasteiger partial charge in [-0.15, -0.1) is 0 Å². The summed E-state index contributed by atoms with van der Waals surface area (Å²) in [6.07, 6.45) is 0.754. The predicted octanol–water partition coefficient (Wildman–Crippen LogP) is 3.22. The van der Waals surface area contributed by atoms with E-state index in [2.05, 4.69) is 42.6 Å². The lowest BCUT2D eigenvalue weighted by Gasteiger charge is -2.15. The third-order valence-corrected chi connectivity index (χ3v) is 3.60. The Hall–Kier alpha value is -1.84. The molecule has 0 aliphatic heterocycles. The number of ether oxygens (including phenoxy) is 1. The summed E-state index contributed by atoms with van der Waals surface area (Å²) in [5.41, 5.74) is 3.46. The van der Waals surface area contributed by atoms with Crippen molar-refractivity contribution in [2.75, 3.05) is 13.7 Å². The van der Waals surface area contributed by atoms with Crippen LogP contribution in [-0.4, -0.2) is 24.9 Å². The van der Waals surface area contributed by atoms with Crippen molar-refractivity contribution in [2.24, 2.45) is 0 Å². The van der Waals surface area contributed by atoms with E-state index in [1.54, 1.807) is 7.11 Å². The number of benzene rings is 2. The molecule has 3 nitrogen and oxygen atoms in total. The first-order valence-electron chi connectivity index (χ1n) is 7.31. The molecule has 0 saturated heterocycles. The molecule has 1 unspecified atom stereocenters. The number of hydrogen-bond donors (Lipinski definition) is 2. The normalized spacial score (nSPS) is 12.1. The Bertz CT molecular complexity index is 554. The van der Waals surface area contributed by atoms with Crippen molar-refractivity contribution in [3.05, 3.63) is 54.1 Å². The highest BCUT2D eigenvalue weighted by Crippen LogP contribution is 2.27. The summed E-state index contributed by atoms with van der Waals surface area (Å²) in [5.74, 6) is 0.889. The zero-order valence-electron chi connectivity index (χ0n) is 12.7.